The van der Waals surface area contributed by atoms with E-state index in [1.54, 1.807) is 25.1 Å². The van der Waals surface area contributed by atoms with Gasteiger partial charge >= 0.3 is 12.0 Å². The molecule has 0 spiro atoms. The number of hydrogen-bond donors (Lipinski definition) is 1. The summed E-state index contributed by atoms with van der Waals surface area (Å²) in [5.74, 6) is -1.71. The van der Waals surface area contributed by atoms with Crippen molar-refractivity contribution in [1.82, 2.24) is 5.32 Å². The van der Waals surface area contributed by atoms with Crippen molar-refractivity contribution in [3.8, 4) is 5.75 Å². The van der Waals surface area contributed by atoms with Gasteiger partial charge in [-0.25, -0.2) is 14.5 Å². The zero-order valence-corrected chi connectivity index (χ0v) is 21.8. The molecule has 0 aliphatic carbocycles. The summed E-state index contributed by atoms with van der Waals surface area (Å²) in [6.45, 7) is 6.26. The first-order valence-electron chi connectivity index (χ1n) is 11.8. The lowest BCUT2D eigenvalue weighted by Crippen LogP contribution is -2.54. The van der Waals surface area contributed by atoms with Crippen LogP contribution in [0.15, 0.2) is 66.2 Å². The van der Waals surface area contributed by atoms with Crippen molar-refractivity contribution in [3.05, 3.63) is 99.1 Å². The van der Waals surface area contributed by atoms with E-state index in [2.05, 4.69) is 11.4 Å². The molecule has 194 valence electrons. The molecule has 8 nitrogen and oxygen atoms in total. The summed E-state index contributed by atoms with van der Waals surface area (Å²) >= 11 is 6.42. The second-order valence-electron chi connectivity index (χ2n) is 8.70. The number of carbonyl (C=O) groups is 4. The molecule has 3 aromatic carbocycles. The zero-order valence-electron chi connectivity index (χ0n) is 21.0. The second kappa shape index (κ2) is 11.3. The Morgan fingerprint density at radius 1 is 0.974 bits per heavy atom. The molecule has 4 rings (SSSR count). The number of barbiturate groups is 1. The second-order valence-corrected chi connectivity index (χ2v) is 9.11. The SMILES string of the molecule is CCOC(=O)c1ccc(N2C(=O)NC(=O)/C(=C\c3ccc(OCc4cc(C)cc(C)c4)c(Cl)c3)C2=O)cc1. The van der Waals surface area contributed by atoms with Crippen LogP contribution in [0.1, 0.15) is 39.5 Å². The Morgan fingerprint density at radius 3 is 2.29 bits per heavy atom. The summed E-state index contributed by atoms with van der Waals surface area (Å²) < 4.78 is 10.8. The highest BCUT2D eigenvalue weighted by Crippen LogP contribution is 2.29. The molecule has 1 aliphatic rings. The van der Waals surface area contributed by atoms with Crippen LogP contribution in [0, 0.1) is 13.8 Å². The Bertz CT molecular complexity index is 1440. The molecule has 0 bridgehead atoms. The van der Waals surface area contributed by atoms with Gasteiger partial charge in [0.2, 0.25) is 0 Å². The van der Waals surface area contributed by atoms with E-state index < -0.39 is 23.8 Å². The maximum atomic E-state index is 13.2. The van der Waals surface area contributed by atoms with E-state index in [-0.39, 0.29) is 23.4 Å². The number of aryl methyl sites for hydroxylation is 2. The van der Waals surface area contributed by atoms with Gasteiger partial charge in [-0.05, 0) is 74.4 Å². The van der Waals surface area contributed by atoms with E-state index in [9.17, 15) is 19.2 Å². The van der Waals surface area contributed by atoms with Crippen molar-refractivity contribution in [1.29, 1.82) is 0 Å². The third-order valence-corrected chi connectivity index (χ3v) is 5.98. The summed E-state index contributed by atoms with van der Waals surface area (Å²) in [5, 5.41) is 2.47. The third-order valence-electron chi connectivity index (χ3n) is 5.68. The smallest absolute Gasteiger partial charge is 0.338 e. The molecule has 1 saturated heterocycles. The van der Waals surface area contributed by atoms with Crippen molar-refractivity contribution in [3.63, 3.8) is 0 Å². The predicted molar refractivity (Wildman–Crippen MR) is 143 cm³/mol. The molecule has 0 atom stereocenters. The molecule has 4 amide bonds. The van der Waals surface area contributed by atoms with E-state index in [0.29, 0.717) is 22.9 Å². The molecule has 0 unspecified atom stereocenters. The van der Waals surface area contributed by atoms with Crippen LogP contribution in [-0.4, -0.2) is 30.4 Å². The first kappa shape index (κ1) is 26.6. The minimum atomic E-state index is -0.894. The van der Waals surface area contributed by atoms with Gasteiger partial charge in [0.1, 0.15) is 17.9 Å². The van der Waals surface area contributed by atoms with Crippen LogP contribution < -0.4 is 15.0 Å². The molecule has 1 N–H and O–H groups in total. The van der Waals surface area contributed by atoms with Gasteiger partial charge in [-0.2, -0.15) is 0 Å². The Hall–Kier alpha value is -4.43. The average Bonchev–Trinajstić information content (AvgIpc) is 2.86. The summed E-state index contributed by atoms with van der Waals surface area (Å²) in [6, 6.07) is 15.9. The highest BCUT2D eigenvalue weighted by atomic mass is 35.5. The number of amides is 4. The van der Waals surface area contributed by atoms with Crippen LogP contribution in [0.25, 0.3) is 6.08 Å². The summed E-state index contributed by atoms with van der Waals surface area (Å²) in [4.78, 5) is 50.9. The molecule has 0 radical (unpaired) electrons. The van der Waals surface area contributed by atoms with Crippen molar-refractivity contribution in [2.45, 2.75) is 27.4 Å². The van der Waals surface area contributed by atoms with Gasteiger partial charge in [-0.15, -0.1) is 0 Å². The van der Waals surface area contributed by atoms with Gasteiger partial charge in [-0.3, -0.25) is 14.9 Å². The van der Waals surface area contributed by atoms with Crippen molar-refractivity contribution in [2.24, 2.45) is 0 Å². The number of urea groups is 1. The number of esters is 1. The number of nitrogens with zero attached hydrogens (tertiary/aromatic N) is 1. The molecule has 38 heavy (non-hydrogen) atoms. The van der Waals surface area contributed by atoms with Gasteiger partial charge in [0, 0.05) is 0 Å². The fraction of sp³-hybridized carbons (Fsp3) is 0.172. The number of carbonyl (C=O) groups excluding carboxylic acids is 4. The average molecular weight is 533 g/mol. The molecule has 0 aromatic heterocycles. The fourth-order valence-corrected chi connectivity index (χ4v) is 4.30. The molecule has 1 aliphatic heterocycles. The number of benzene rings is 3. The molecule has 9 heteroatoms. The molecular formula is C29H25ClN2O6. The highest BCUT2D eigenvalue weighted by molar-refractivity contribution is 6.39. The summed E-state index contributed by atoms with van der Waals surface area (Å²) in [5.41, 5.74) is 3.95. The Labute approximate surface area is 224 Å². The molecule has 1 heterocycles. The van der Waals surface area contributed by atoms with E-state index in [1.807, 2.05) is 26.0 Å². The van der Waals surface area contributed by atoms with Crippen LogP contribution >= 0.6 is 11.6 Å². The number of imide groups is 2. The summed E-state index contributed by atoms with van der Waals surface area (Å²) in [6.07, 6.45) is 1.35. The van der Waals surface area contributed by atoms with Crippen LogP contribution in [0.4, 0.5) is 10.5 Å². The van der Waals surface area contributed by atoms with Crippen molar-refractivity contribution >= 4 is 47.2 Å². The van der Waals surface area contributed by atoms with E-state index in [1.165, 1.54) is 30.3 Å². The zero-order chi connectivity index (χ0) is 27.4. The normalized spacial score (nSPS) is 14.5. The maximum Gasteiger partial charge on any atom is 0.338 e. The van der Waals surface area contributed by atoms with E-state index in [0.717, 1.165) is 21.6 Å². The Kier molecular flexibility index (Phi) is 7.93. The predicted octanol–water partition coefficient (Wildman–Crippen LogP) is 5.38. The van der Waals surface area contributed by atoms with Gasteiger partial charge < -0.3 is 9.47 Å². The third kappa shape index (κ3) is 5.92. The highest BCUT2D eigenvalue weighted by Gasteiger charge is 2.36. The monoisotopic (exact) mass is 532 g/mol. The van der Waals surface area contributed by atoms with Gasteiger partial charge in [0.25, 0.3) is 11.8 Å². The first-order valence-corrected chi connectivity index (χ1v) is 12.2. The number of anilines is 1. The molecule has 0 saturated carbocycles. The summed E-state index contributed by atoms with van der Waals surface area (Å²) in [7, 11) is 0. The Balaban J connectivity index is 1.53. The van der Waals surface area contributed by atoms with Crippen LogP contribution in [0.3, 0.4) is 0 Å². The minimum Gasteiger partial charge on any atom is -0.487 e. The largest absolute Gasteiger partial charge is 0.487 e. The van der Waals surface area contributed by atoms with E-state index in [4.69, 9.17) is 21.1 Å². The number of hydrogen-bond acceptors (Lipinski definition) is 6. The lowest BCUT2D eigenvalue weighted by molar-refractivity contribution is -0.122. The topological polar surface area (TPSA) is 102 Å². The maximum absolute atomic E-state index is 13.2. The Morgan fingerprint density at radius 2 is 1.66 bits per heavy atom. The molecule has 1 fully saturated rings. The number of nitrogens with one attached hydrogen (secondary N) is 1. The number of ether oxygens (including phenoxy) is 2. The van der Waals surface area contributed by atoms with Gasteiger partial charge in [0.05, 0.1) is 22.9 Å². The number of rotatable bonds is 7. The van der Waals surface area contributed by atoms with E-state index >= 15 is 0 Å². The minimum absolute atomic E-state index is 0.187. The van der Waals surface area contributed by atoms with Crippen LogP contribution in [0.2, 0.25) is 5.02 Å². The standard InChI is InChI=1S/C29H25ClN2O6/c1-4-37-28(35)21-6-8-22(9-7-21)32-27(34)23(26(33)31-29(32)36)14-19-5-10-25(24(30)15-19)38-16-20-12-17(2)11-18(3)13-20/h5-15H,4,16H2,1-3H3,(H,31,33,36)/b23-14+. The van der Waals surface area contributed by atoms with Gasteiger partial charge in [-0.1, -0.05) is 47.0 Å². The first-order chi connectivity index (χ1) is 18.2. The van der Waals surface area contributed by atoms with Crippen molar-refractivity contribution in [2.75, 3.05) is 11.5 Å². The van der Waals surface area contributed by atoms with Crippen molar-refractivity contribution < 1.29 is 28.7 Å². The quantitative estimate of drug-likeness (QED) is 0.249. The fourth-order valence-electron chi connectivity index (χ4n) is 4.06. The lowest BCUT2D eigenvalue weighted by Gasteiger charge is -2.26. The molecular weight excluding hydrogens is 508 g/mol. The lowest BCUT2D eigenvalue weighted by atomic mass is 10.1. The number of halogens is 1. The molecule has 3 aromatic rings. The van der Waals surface area contributed by atoms with Gasteiger partial charge in [0.15, 0.2) is 0 Å². The van der Waals surface area contributed by atoms with Crippen LogP contribution in [0.5, 0.6) is 5.75 Å². The van der Waals surface area contributed by atoms with Crippen LogP contribution in [-0.2, 0) is 20.9 Å².